The molecule has 0 spiro atoms. The van der Waals surface area contributed by atoms with E-state index in [0.29, 0.717) is 11.8 Å². The van der Waals surface area contributed by atoms with Crippen LogP contribution in [0, 0.1) is 11.7 Å². The van der Waals surface area contributed by atoms with Gasteiger partial charge in [-0.3, -0.25) is 14.4 Å². The van der Waals surface area contributed by atoms with Crippen molar-refractivity contribution < 1.29 is 14.3 Å². The number of rotatable bonds is 10. The van der Waals surface area contributed by atoms with Crippen molar-refractivity contribution in [3.05, 3.63) is 89.0 Å². The van der Waals surface area contributed by atoms with E-state index in [9.17, 15) is 14.3 Å². The van der Waals surface area contributed by atoms with E-state index < -0.39 is 11.5 Å². The van der Waals surface area contributed by atoms with Gasteiger partial charge in [-0.2, -0.15) is 5.10 Å². The molecule has 0 radical (unpaired) electrons. The smallest absolute Gasteiger partial charge is 0.305 e. The first-order valence-electron chi connectivity index (χ1n) is 14.8. The molecule has 40 heavy (non-hydrogen) atoms. The number of hydrogen-bond donors (Lipinski definition) is 1. The van der Waals surface area contributed by atoms with E-state index >= 15 is 0 Å². The molecule has 1 aromatic heterocycles. The van der Waals surface area contributed by atoms with Gasteiger partial charge in [0, 0.05) is 55.7 Å². The first kappa shape index (κ1) is 28.5. The Hall–Kier alpha value is -3.03. The molecule has 2 atom stereocenters. The number of carboxylic acid groups (broad SMARTS) is 1. The second-order valence-corrected chi connectivity index (χ2v) is 12.3. The van der Waals surface area contributed by atoms with Crippen LogP contribution in [0.25, 0.3) is 0 Å². The molecular weight excluding hydrogens is 503 g/mol. The lowest BCUT2D eigenvalue weighted by atomic mass is 9.87. The van der Waals surface area contributed by atoms with E-state index in [2.05, 4.69) is 51.7 Å². The van der Waals surface area contributed by atoms with Gasteiger partial charge >= 0.3 is 5.97 Å². The summed E-state index contributed by atoms with van der Waals surface area (Å²) >= 11 is 0. The van der Waals surface area contributed by atoms with Crippen molar-refractivity contribution in [2.45, 2.75) is 70.4 Å². The molecule has 214 valence electrons. The number of aryl methyl sites for hydroxylation is 1. The van der Waals surface area contributed by atoms with E-state index in [-0.39, 0.29) is 18.2 Å². The fourth-order valence-corrected chi connectivity index (χ4v) is 6.85. The first-order chi connectivity index (χ1) is 19.2. The lowest BCUT2D eigenvalue weighted by molar-refractivity contribution is -0.139. The van der Waals surface area contributed by atoms with E-state index in [0.717, 1.165) is 69.8 Å². The fourth-order valence-electron chi connectivity index (χ4n) is 6.85. The van der Waals surface area contributed by atoms with Crippen LogP contribution in [0.4, 0.5) is 4.39 Å². The molecule has 7 heteroatoms. The minimum absolute atomic E-state index is 0.0956. The minimum atomic E-state index is -0.781. The summed E-state index contributed by atoms with van der Waals surface area (Å²) in [5, 5.41) is 14.4. The Bertz CT molecular complexity index is 1280. The van der Waals surface area contributed by atoms with Crippen LogP contribution < -0.4 is 0 Å². The first-order valence-corrected chi connectivity index (χ1v) is 14.8. The summed E-state index contributed by atoms with van der Waals surface area (Å²) in [5.74, 6) is 0.0194. The second-order valence-electron chi connectivity index (χ2n) is 12.3. The fraction of sp³-hybridized carbons (Fsp3) is 0.515. The quantitative estimate of drug-likeness (QED) is 0.349. The maximum absolute atomic E-state index is 14.2. The number of nitrogens with zero attached hydrogens (tertiary/aromatic N) is 4. The van der Waals surface area contributed by atoms with Crippen molar-refractivity contribution in [3.8, 4) is 0 Å². The van der Waals surface area contributed by atoms with Crippen LogP contribution in [-0.4, -0.2) is 68.9 Å². The molecule has 5 rings (SSSR count). The maximum atomic E-state index is 14.2. The number of benzene rings is 2. The predicted octanol–water partition coefficient (Wildman–Crippen LogP) is 5.78. The van der Waals surface area contributed by atoms with Gasteiger partial charge in [0.25, 0.3) is 0 Å². The standard InChI is InChI=1S/C33H43FN4O2/c1-4-38-31(19-29(35-38)17-24-9-6-5-7-10-24)25-13-15-36(16-14-25)21-27-22-37(33(2,3)20-32(39)40)23-30(27)26-11-8-12-28(34)18-26/h5-12,18-19,25,27,30H,4,13-17,20-23H2,1-3H3,(H,39,40). The summed E-state index contributed by atoms with van der Waals surface area (Å²) in [6.07, 6.45) is 3.15. The zero-order chi connectivity index (χ0) is 28.3. The second kappa shape index (κ2) is 12.2. The van der Waals surface area contributed by atoms with Crippen molar-refractivity contribution in [1.29, 1.82) is 0 Å². The average Bonchev–Trinajstić information content (AvgIpc) is 3.54. The molecule has 6 nitrogen and oxygen atoms in total. The number of aromatic nitrogens is 2. The van der Waals surface area contributed by atoms with Crippen molar-refractivity contribution in [3.63, 3.8) is 0 Å². The molecule has 2 fully saturated rings. The number of carbonyl (C=O) groups is 1. The van der Waals surface area contributed by atoms with Gasteiger partial charge < -0.3 is 10.0 Å². The number of likely N-dealkylation sites (tertiary alicyclic amines) is 2. The van der Waals surface area contributed by atoms with Crippen molar-refractivity contribution in [1.82, 2.24) is 19.6 Å². The number of aliphatic carboxylic acids is 1. The number of hydrogen-bond acceptors (Lipinski definition) is 4. The van der Waals surface area contributed by atoms with Crippen molar-refractivity contribution >= 4 is 5.97 Å². The highest BCUT2D eigenvalue weighted by atomic mass is 19.1. The van der Waals surface area contributed by atoms with Gasteiger partial charge in [-0.05, 0) is 81.9 Å². The largest absolute Gasteiger partial charge is 0.481 e. The van der Waals surface area contributed by atoms with Crippen LogP contribution in [-0.2, 0) is 17.8 Å². The predicted molar refractivity (Wildman–Crippen MR) is 156 cm³/mol. The Morgan fingerprint density at radius 1 is 1.05 bits per heavy atom. The molecule has 2 saturated heterocycles. The summed E-state index contributed by atoms with van der Waals surface area (Å²) in [4.78, 5) is 16.4. The van der Waals surface area contributed by atoms with Crippen LogP contribution in [0.15, 0.2) is 60.7 Å². The zero-order valence-corrected chi connectivity index (χ0v) is 24.1. The third-order valence-corrected chi connectivity index (χ3v) is 9.05. The Labute approximate surface area is 237 Å². The lowest BCUT2D eigenvalue weighted by Crippen LogP contribution is -2.45. The Morgan fingerprint density at radius 2 is 1.80 bits per heavy atom. The van der Waals surface area contributed by atoms with Crippen molar-refractivity contribution in [2.75, 3.05) is 32.7 Å². The SMILES string of the molecule is CCn1nc(Cc2ccccc2)cc1C1CCN(CC2CN(C(C)(C)CC(=O)O)CC2c2cccc(F)c2)CC1. The van der Waals surface area contributed by atoms with Crippen LogP contribution >= 0.6 is 0 Å². The third-order valence-electron chi connectivity index (χ3n) is 9.05. The topological polar surface area (TPSA) is 61.6 Å². The third kappa shape index (κ3) is 6.64. The van der Waals surface area contributed by atoms with Crippen LogP contribution in [0.1, 0.15) is 74.4 Å². The van der Waals surface area contributed by atoms with E-state index in [1.165, 1.54) is 17.3 Å². The summed E-state index contributed by atoms with van der Waals surface area (Å²) in [6, 6.07) is 19.8. The number of halogens is 1. The molecule has 1 N–H and O–H groups in total. The van der Waals surface area contributed by atoms with Gasteiger partial charge in [-0.25, -0.2) is 4.39 Å². The van der Waals surface area contributed by atoms with Crippen LogP contribution in [0.2, 0.25) is 0 Å². The lowest BCUT2D eigenvalue weighted by Gasteiger charge is -2.36. The maximum Gasteiger partial charge on any atom is 0.305 e. The van der Waals surface area contributed by atoms with E-state index in [1.807, 2.05) is 26.0 Å². The molecule has 3 heterocycles. The highest BCUT2D eigenvalue weighted by Crippen LogP contribution is 2.39. The Balaban J connectivity index is 1.25. The Morgan fingerprint density at radius 3 is 2.48 bits per heavy atom. The molecule has 2 aliphatic rings. The molecule has 3 aromatic rings. The molecule has 0 saturated carbocycles. The summed E-state index contributed by atoms with van der Waals surface area (Å²) in [7, 11) is 0. The van der Waals surface area contributed by atoms with Crippen LogP contribution in [0.3, 0.4) is 0 Å². The van der Waals surface area contributed by atoms with Gasteiger partial charge in [0.15, 0.2) is 0 Å². The minimum Gasteiger partial charge on any atom is -0.481 e. The summed E-state index contributed by atoms with van der Waals surface area (Å²) < 4.78 is 16.4. The molecular formula is C33H43FN4O2. The normalized spacial score (nSPS) is 21.2. The van der Waals surface area contributed by atoms with Crippen molar-refractivity contribution in [2.24, 2.45) is 5.92 Å². The monoisotopic (exact) mass is 546 g/mol. The van der Waals surface area contributed by atoms with Gasteiger partial charge in [0.2, 0.25) is 0 Å². The van der Waals surface area contributed by atoms with Gasteiger partial charge in [0.1, 0.15) is 5.82 Å². The Kier molecular flexibility index (Phi) is 8.71. The zero-order valence-electron chi connectivity index (χ0n) is 24.1. The molecule has 0 amide bonds. The number of carboxylic acids is 1. The van der Waals surface area contributed by atoms with Crippen LogP contribution in [0.5, 0.6) is 0 Å². The summed E-state index contributed by atoms with van der Waals surface area (Å²) in [5.41, 5.74) is 4.35. The van der Waals surface area contributed by atoms with E-state index in [1.54, 1.807) is 12.1 Å². The molecule has 2 aliphatic heterocycles. The number of piperidine rings is 1. The average molecular weight is 547 g/mol. The molecule has 0 aliphatic carbocycles. The highest BCUT2D eigenvalue weighted by Gasteiger charge is 2.42. The highest BCUT2D eigenvalue weighted by molar-refractivity contribution is 5.68. The van der Waals surface area contributed by atoms with Gasteiger partial charge in [0.05, 0.1) is 12.1 Å². The van der Waals surface area contributed by atoms with Gasteiger partial charge in [-0.15, -0.1) is 0 Å². The summed E-state index contributed by atoms with van der Waals surface area (Å²) in [6.45, 7) is 11.7. The van der Waals surface area contributed by atoms with E-state index in [4.69, 9.17) is 5.10 Å². The molecule has 2 unspecified atom stereocenters. The molecule has 0 bridgehead atoms. The van der Waals surface area contributed by atoms with Gasteiger partial charge in [-0.1, -0.05) is 42.5 Å². The molecule has 2 aromatic carbocycles.